The molecule has 2 aromatic rings. The number of hydrogen-bond donors (Lipinski definition) is 1. The van der Waals surface area contributed by atoms with Gasteiger partial charge in [0.2, 0.25) is 0 Å². The second-order valence-electron chi connectivity index (χ2n) is 6.10. The highest BCUT2D eigenvalue weighted by molar-refractivity contribution is 7.99. The van der Waals surface area contributed by atoms with Crippen LogP contribution in [0.15, 0.2) is 22.2 Å². The molecule has 2 heterocycles. The molecule has 0 saturated heterocycles. The van der Waals surface area contributed by atoms with Gasteiger partial charge in [-0.3, -0.25) is 9.59 Å². The van der Waals surface area contributed by atoms with Crippen LogP contribution in [-0.4, -0.2) is 52.6 Å². The first kappa shape index (κ1) is 22.3. The number of nitrogens with zero attached hydrogens (tertiary/aromatic N) is 2. The Morgan fingerprint density at radius 3 is 2.82 bits per heavy atom. The summed E-state index contributed by atoms with van der Waals surface area (Å²) in [4.78, 5) is 34.9. The van der Waals surface area contributed by atoms with Gasteiger partial charge in [-0.25, -0.2) is 9.97 Å². The van der Waals surface area contributed by atoms with E-state index in [0.717, 1.165) is 11.8 Å². The smallest absolute Gasteiger partial charge is 0.308 e. The largest absolute Gasteiger partial charge is 0.466 e. The van der Waals surface area contributed by atoms with Gasteiger partial charge in [0.25, 0.3) is 5.56 Å². The summed E-state index contributed by atoms with van der Waals surface area (Å²) in [5, 5.41) is 1.59. The van der Waals surface area contributed by atoms with Gasteiger partial charge in [0, 0.05) is 35.6 Å². The molecule has 9 heteroatoms. The number of aromatic amines is 1. The van der Waals surface area contributed by atoms with Crippen LogP contribution in [0, 0.1) is 0 Å². The van der Waals surface area contributed by atoms with E-state index in [1.165, 1.54) is 11.8 Å². The average molecular weight is 410 g/mol. The van der Waals surface area contributed by atoms with Gasteiger partial charge in [0.05, 0.1) is 26.2 Å². The summed E-state index contributed by atoms with van der Waals surface area (Å²) in [6.45, 7) is 7.82. The van der Waals surface area contributed by atoms with Gasteiger partial charge in [-0.1, -0.05) is 18.7 Å². The second-order valence-corrected chi connectivity index (χ2v) is 7.51. The van der Waals surface area contributed by atoms with Crippen LogP contribution in [0.4, 0.5) is 0 Å². The lowest BCUT2D eigenvalue weighted by Crippen LogP contribution is -2.14. The van der Waals surface area contributed by atoms with Crippen molar-refractivity contribution >= 4 is 28.8 Å². The molecule has 0 aromatic carbocycles. The maximum Gasteiger partial charge on any atom is 0.308 e. The van der Waals surface area contributed by atoms with E-state index in [0.29, 0.717) is 42.8 Å². The molecule has 1 unspecified atom stereocenters. The number of carbonyl (C=O) groups is 1. The van der Waals surface area contributed by atoms with E-state index in [-0.39, 0.29) is 29.8 Å². The number of thioether (sulfide) groups is 1. The van der Waals surface area contributed by atoms with Crippen molar-refractivity contribution in [3.05, 3.63) is 28.2 Å². The highest BCUT2D eigenvalue weighted by Gasteiger charge is 2.10. The first-order chi connectivity index (χ1) is 13.5. The average Bonchev–Trinajstić information content (AvgIpc) is 2.66. The lowest BCUT2D eigenvalue weighted by atomic mass is 10.2. The van der Waals surface area contributed by atoms with Crippen molar-refractivity contribution in [2.24, 2.45) is 0 Å². The van der Waals surface area contributed by atoms with E-state index in [2.05, 4.69) is 21.9 Å². The van der Waals surface area contributed by atoms with Crippen LogP contribution in [0.2, 0.25) is 0 Å². The first-order valence-electron chi connectivity index (χ1n) is 9.40. The maximum absolute atomic E-state index is 12.1. The molecule has 0 spiro atoms. The number of ether oxygens (including phenoxy) is 3. The molecule has 1 N–H and O–H groups in total. The number of nitrogens with one attached hydrogen (secondary N) is 1. The molecular weight excluding hydrogens is 382 g/mol. The van der Waals surface area contributed by atoms with Crippen molar-refractivity contribution in [1.82, 2.24) is 15.0 Å². The molecule has 0 bridgehead atoms. The fourth-order valence-electron chi connectivity index (χ4n) is 2.38. The van der Waals surface area contributed by atoms with Crippen molar-refractivity contribution in [3.63, 3.8) is 0 Å². The maximum atomic E-state index is 12.1. The zero-order valence-corrected chi connectivity index (χ0v) is 17.3. The minimum atomic E-state index is -0.243. The first-order valence-corrected chi connectivity index (χ1v) is 10.3. The van der Waals surface area contributed by atoms with Crippen LogP contribution in [0.1, 0.15) is 39.2 Å². The number of aromatic nitrogens is 3. The molecule has 0 aliphatic heterocycles. The minimum absolute atomic E-state index is 0.196. The molecule has 2 rings (SSSR count). The summed E-state index contributed by atoms with van der Waals surface area (Å²) in [5.41, 5.74) is 0.881. The van der Waals surface area contributed by atoms with E-state index in [1.54, 1.807) is 19.2 Å². The van der Waals surface area contributed by atoms with Gasteiger partial charge < -0.3 is 19.2 Å². The van der Waals surface area contributed by atoms with Crippen LogP contribution in [0.5, 0.6) is 0 Å². The highest BCUT2D eigenvalue weighted by Crippen LogP contribution is 2.23. The Morgan fingerprint density at radius 1 is 1.25 bits per heavy atom. The number of rotatable bonds is 12. The quantitative estimate of drug-likeness (QED) is 0.247. The minimum Gasteiger partial charge on any atom is -0.466 e. The van der Waals surface area contributed by atoms with E-state index in [1.807, 2.05) is 6.92 Å². The highest BCUT2D eigenvalue weighted by atomic mass is 32.2. The van der Waals surface area contributed by atoms with Crippen LogP contribution in [0.3, 0.4) is 0 Å². The fraction of sp³-hybridized carbons (Fsp3) is 0.579. The molecule has 0 aliphatic carbocycles. The zero-order chi connectivity index (χ0) is 20.4. The van der Waals surface area contributed by atoms with Crippen LogP contribution in [-0.2, 0) is 25.6 Å². The number of hydrogen-bond acceptors (Lipinski definition) is 8. The lowest BCUT2D eigenvalue weighted by Gasteiger charge is -2.11. The van der Waals surface area contributed by atoms with Crippen LogP contribution < -0.4 is 5.56 Å². The number of pyridine rings is 1. The molecular formula is C19H27N3O5S. The molecule has 0 saturated carbocycles. The number of fused-ring (bicyclic) bond motifs is 1. The van der Waals surface area contributed by atoms with Gasteiger partial charge in [0.15, 0.2) is 5.16 Å². The number of esters is 1. The van der Waals surface area contributed by atoms with Gasteiger partial charge in [-0.15, -0.1) is 0 Å². The number of H-pyrrole nitrogens is 1. The summed E-state index contributed by atoms with van der Waals surface area (Å²) in [5.74, 6) is -0.243. The molecule has 0 amide bonds. The van der Waals surface area contributed by atoms with Crippen molar-refractivity contribution in [1.29, 1.82) is 0 Å². The predicted molar refractivity (Wildman–Crippen MR) is 107 cm³/mol. The Kier molecular flexibility index (Phi) is 9.39. The molecule has 1 atom stereocenters. The Bertz CT molecular complexity index is 827. The van der Waals surface area contributed by atoms with E-state index < -0.39 is 0 Å². The predicted octanol–water partition coefficient (Wildman–Crippen LogP) is 2.70. The Labute approximate surface area is 168 Å². The molecule has 0 aliphatic rings. The van der Waals surface area contributed by atoms with Crippen LogP contribution >= 0.6 is 11.8 Å². The monoisotopic (exact) mass is 409 g/mol. The summed E-state index contributed by atoms with van der Waals surface area (Å²) >= 11 is 1.51. The summed E-state index contributed by atoms with van der Waals surface area (Å²) in [7, 11) is 0. The molecule has 8 nitrogen and oxygen atoms in total. The van der Waals surface area contributed by atoms with Crippen molar-refractivity contribution in [2.45, 2.75) is 50.6 Å². The van der Waals surface area contributed by atoms with E-state index >= 15 is 0 Å². The van der Waals surface area contributed by atoms with Crippen molar-refractivity contribution < 1.29 is 19.0 Å². The van der Waals surface area contributed by atoms with Crippen molar-refractivity contribution in [2.75, 3.05) is 26.4 Å². The zero-order valence-electron chi connectivity index (χ0n) is 16.5. The van der Waals surface area contributed by atoms with Gasteiger partial charge >= 0.3 is 5.97 Å². The summed E-state index contributed by atoms with van der Waals surface area (Å²) in [6, 6.07) is 1.76. The molecule has 0 radical (unpaired) electrons. The SMILES string of the molecule is CCOCc1cc2cnc(SC(C)CCOCCC(=O)OCC)nc2[nH]c1=O. The standard InChI is InChI=1S/C19H27N3O5S/c1-4-25-12-15-10-14-11-20-19(22-17(14)21-18(15)24)28-13(3)6-8-26-9-7-16(23)27-5-2/h10-11,13H,4-9,12H2,1-3H3,(H,20,21,22,24). The van der Waals surface area contributed by atoms with E-state index in [4.69, 9.17) is 14.2 Å². The third-order valence-electron chi connectivity index (χ3n) is 3.84. The molecule has 0 fully saturated rings. The molecule has 2 aromatic heterocycles. The van der Waals surface area contributed by atoms with Gasteiger partial charge in [-0.2, -0.15) is 0 Å². The van der Waals surface area contributed by atoms with Crippen LogP contribution in [0.25, 0.3) is 11.0 Å². The lowest BCUT2D eigenvalue weighted by molar-refractivity contribution is -0.144. The normalized spacial score (nSPS) is 12.2. The second kappa shape index (κ2) is 11.8. The topological polar surface area (TPSA) is 103 Å². The Hall–Kier alpha value is -1.97. The molecule has 154 valence electrons. The van der Waals surface area contributed by atoms with Gasteiger partial charge in [-0.05, 0) is 26.3 Å². The Balaban J connectivity index is 1.84. The summed E-state index contributed by atoms with van der Waals surface area (Å²) in [6.07, 6.45) is 2.76. The summed E-state index contributed by atoms with van der Waals surface area (Å²) < 4.78 is 15.6. The third-order valence-corrected chi connectivity index (χ3v) is 4.89. The van der Waals surface area contributed by atoms with Gasteiger partial charge in [0.1, 0.15) is 5.65 Å². The molecule has 28 heavy (non-hydrogen) atoms. The fourth-order valence-corrected chi connectivity index (χ4v) is 3.21. The third kappa shape index (κ3) is 7.21. The Morgan fingerprint density at radius 2 is 2.07 bits per heavy atom. The number of carbonyl (C=O) groups excluding carboxylic acids is 1. The van der Waals surface area contributed by atoms with E-state index in [9.17, 15) is 9.59 Å². The van der Waals surface area contributed by atoms with Crippen molar-refractivity contribution in [3.8, 4) is 0 Å².